The minimum absolute atomic E-state index is 0.190. The Morgan fingerprint density at radius 1 is 1.03 bits per heavy atom. The average Bonchev–Trinajstić information content (AvgIpc) is 2.90. The lowest BCUT2D eigenvalue weighted by Crippen LogP contribution is -2.66. The average molecular weight is 497 g/mol. The predicted octanol–water partition coefficient (Wildman–Crippen LogP) is 0.554. The van der Waals surface area contributed by atoms with Crippen LogP contribution in [0.25, 0.3) is 6.08 Å². The van der Waals surface area contributed by atoms with Crippen LogP contribution in [0.1, 0.15) is 11.1 Å². The minimum Gasteiger partial charge on any atom is -0.394 e. The van der Waals surface area contributed by atoms with E-state index in [1.54, 1.807) is 12.2 Å². The molecule has 0 saturated carbocycles. The normalized spacial score (nSPS) is 25.1. The Morgan fingerprint density at radius 2 is 1.69 bits per heavy atom. The lowest BCUT2D eigenvalue weighted by Gasteiger charge is -2.42. The molecule has 5 N–H and O–H groups in total. The molecule has 192 valence electrons. The maximum absolute atomic E-state index is 13.2. The number of hydrogen-bond acceptors (Lipinski definition) is 7. The SMILES string of the molecule is COC1OC(CO)C(O)C(O)C1NC(=O)C(Cc1ccccc1)NC(=O)/C=C/C=C/c1ccccc1. The van der Waals surface area contributed by atoms with Gasteiger partial charge < -0.3 is 35.4 Å². The van der Waals surface area contributed by atoms with Crippen molar-refractivity contribution in [1.29, 1.82) is 0 Å². The van der Waals surface area contributed by atoms with Crippen molar-refractivity contribution in [2.75, 3.05) is 13.7 Å². The van der Waals surface area contributed by atoms with Gasteiger partial charge in [0.2, 0.25) is 11.8 Å². The smallest absolute Gasteiger partial charge is 0.244 e. The number of amides is 2. The van der Waals surface area contributed by atoms with Crippen LogP contribution < -0.4 is 10.6 Å². The van der Waals surface area contributed by atoms with Crippen molar-refractivity contribution < 1.29 is 34.4 Å². The van der Waals surface area contributed by atoms with Crippen LogP contribution in [-0.2, 0) is 25.5 Å². The zero-order valence-electron chi connectivity index (χ0n) is 19.9. The van der Waals surface area contributed by atoms with Gasteiger partial charge in [0.15, 0.2) is 6.29 Å². The van der Waals surface area contributed by atoms with Gasteiger partial charge >= 0.3 is 0 Å². The number of aliphatic hydroxyl groups is 3. The number of carbonyl (C=O) groups excluding carboxylic acids is 2. The van der Waals surface area contributed by atoms with Gasteiger partial charge in [-0.05, 0) is 11.1 Å². The van der Waals surface area contributed by atoms with Gasteiger partial charge in [-0.1, -0.05) is 78.9 Å². The summed E-state index contributed by atoms with van der Waals surface area (Å²) in [5.41, 5.74) is 1.80. The second-order valence-corrected chi connectivity index (χ2v) is 8.36. The molecular formula is C27H32N2O7. The summed E-state index contributed by atoms with van der Waals surface area (Å²) in [5.74, 6) is -1.07. The third-order valence-corrected chi connectivity index (χ3v) is 5.78. The second kappa shape index (κ2) is 13.7. The van der Waals surface area contributed by atoms with Crippen LogP contribution in [-0.4, -0.2) is 77.5 Å². The first-order valence-corrected chi connectivity index (χ1v) is 11.6. The highest BCUT2D eigenvalue weighted by Crippen LogP contribution is 2.22. The summed E-state index contributed by atoms with van der Waals surface area (Å²) in [6, 6.07) is 16.6. The molecule has 0 bridgehead atoms. The molecule has 2 aromatic rings. The van der Waals surface area contributed by atoms with E-state index >= 15 is 0 Å². The second-order valence-electron chi connectivity index (χ2n) is 8.36. The van der Waals surface area contributed by atoms with E-state index in [1.165, 1.54) is 13.2 Å². The number of hydrogen-bond donors (Lipinski definition) is 5. The van der Waals surface area contributed by atoms with Crippen molar-refractivity contribution in [2.24, 2.45) is 0 Å². The lowest BCUT2D eigenvalue weighted by molar-refractivity contribution is -0.262. The predicted molar refractivity (Wildman–Crippen MR) is 133 cm³/mol. The third kappa shape index (κ3) is 7.58. The van der Waals surface area contributed by atoms with Gasteiger partial charge in [-0.3, -0.25) is 9.59 Å². The molecule has 9 nitrogen and oxygen atoms in total. The Labute approximate surface area is 210 Å². The zero-order valence-corrected chi connectivity index (χ0v) is 19.9. The fourth-order valence-corrected chi connectivity index (χ4v) is 3.85. The molecule has 1 fully saturated rings. The largest absolute Gasteiger partial charge is 0.394 e. The number of ether oxygens (including phenoxy) is 2. The summed E-state index contributed by atoms with van der Waals surface area (Å²) in [4.78, 5) is 25.8. The highest BCUT2D eigenvalue weighted by molar-refractivity contribution is 5.93. The highest BCUT2D eigenvalue weighted by Gasteiger charge is 2.45. The standard InChI is InChI=1S/C27H32N2O7/c1-35-27-23(25(33)24(32)21(17-30)36-27)29-26(34)20(16-19-13-6-3-7-14-19)28-22(31)15-9-8-12-18-10-4-2-5-11-18/h2-15,20-21,23-25,27,30,32-33H,16-17H2,1H3,(H,28,31)(H,29,34)/b12-8+,15-9+. The molecular weight excluding hydrogens is 464 g/mol. The van der Waals surface area contributed by atoms with Crippen molar-refractivity contribution in [3.05, 3.63) is 90.0 Å². The number of allylic oxidation sites excluding steroid dienone is 2. The molecule has 6 atom stereocenters. The van der Waals surface area contributed by atoms with Gasteiger partial charge in [0, 0.05) is 19.6 Å². The number of nitrogens with one attached hydrogen (secondary N) is 2. The molecule has 1 heterocycles. The summed E-state index contributed by atoms with van der Waals surface area (Å²) in [7, 11) is 1.32. The fourth-order valence-electron chi connectivity index (χ4n) is 3.85. The molecule has 1 aliphatic rings. The Kier molecular flexibility index (Phi) is 10.3. The number of benzene rings is 2. The van der Waals surface area contributed by atoms with E-state index in [9.17, 15) is 24.9 Å². The maximum atomic E-state index is 13.2. The van der Waals surface area contributed by atoms with Crippen molar-refractivity contribution in [3.63, 3.8) is 0 Å². The van der Waals surface area contributed by atoms with E-state index in [2.05, 4.69) is 10.6 Å². The molecule has 6 unspecified atom stereocenters. The Morgan fingerprint density at radius 3 is 2.33 bits per heavy atom. The van der Waals surface area contributed by atoms with E-state index in [1.807, 2.05) is 66.7 Å². The fraction of sp³-hybridized carbons (Fsp3) is 0.333. The Hall–Kier alpha value is -3.34. The highest BCUT2D eigenvalue weighted by atomic mass is 16.7. The van der Waals surface area contributed by atoms with E-state index in [4.69, 9.17) is 9.47 Å². The van der Waals surface area contributed by atoms with Crippen LogP contribution in [0.2, 0.25) is 0 Å². The van der Waals surface area contributed by atoms with Crippen LogP contribution in [0.4, 0.5) is 0 Å². The van der Waals surface area contributed by atoms with Gasteiger partial charge in [0.1, 0.15) is 30.4 Å². The zero-order chi connectivity index (χ0) is 25.9. The van der Waals surface area contributed by atoms with Crippen LogP contribution in [0, 0.1) is 0 Å². The summed E-state index contributed by atoms with van der Waals surface area (Å²) in [6.45, 7) is -0.531. The molecule has 1 saturated heterocycles. The summed E-state index contributed by atoms with van der Waals surface area (Å²) < 4.78 is 10.7. The molecule has 2 aromatic carbocycles. The monoisotopic (exact) mass is 496 g/mol. The van der Waals surface area contributed by atoms with Crippen LogP contribution in [0.15, 0.2) is 78.9 Å². The molecule has 2 amide bonds. The molecule has 0 aromatic heterocycles. The quantitative estimate of drug-likeness (QED) is 0.239. The first-order valence-electron chi connectivity index (χ1n) is 11.6. The number of aliphatic hydroxyl groups excluding tert-OH is 3. The number of methoxy groups -OCH3 is 1. The van der Waals surface area contributed by atoms with E-state index < -0.39 is 55.1 Å². The summed E-state index contributed by atoms with van der Waals surface area (Å²) >= 11 is 0. The van der Waals surface area contributed by atoms with Crippen molar-refractivity contribution in [2.45, 2.75) is 43.1 Å². The molecule has 36 heavy (non-hydrogen) atoms. The summed E-state index contributed by atoms with van der Waals surface area (Å²) in [6.07, 6.45) is 1.58. The van der Waals surface area contributed by atoms with Gasteiger partial charge in [-0.15, -0.1) is 0 Å². The first-order chi connectivity index (χ1) is 17.4. The molecule has 1 aliphatic heterocycles. The summed E-state index contributed by atoms with van der Waals surface area (Å²) in [5, 5.41) is 35.5. The maximum Gasteiger partial charge on any atom is 0.244 e. The lowest BCUT2D eigenvalue weighted by atomic mass is 9.96. The molecule has 0 aliphatic carbocycles. The van der Waals surface area contributed by atoms with Crippen LogP contribution in [0.5, 0.6) is 0 Å². The van der Waals surface area contributed by atoms with Crippen molar-refractivity contribution in [1.82, 2.24) is 10.6 Å². The first kappa shape index (κ1) is 27.3. The molecule has 0 spiro atoms. The van der Waals surface area contributed by atoms with Gasteiger partial charge in [0.25, 0.3) is 0 Å². The molecule has 0 radical (unpaired) electrons. The third-order valence-electron chi connectivity index (χ3n) is 5.78. The topological polar surface area (TPSA) is 137 Å². The minimum atomic E-state index is -1.46. The van der Waals surface area contributed by atoms with Gasteiger partial charge in [-0.2, -0.15) is 0 Å². The Balaban J connectivity index is 1.70. The van der Waals surface area contributed by atoms with E-state index in [0.29, 0.717) is 0 Å². The van der Waals surface area contributed by atoms with Crippen molar-refractivity contribution >= 4 is 17.9 Å². The molecule has 3 rings (SSSR count). The van der Waals surface area contributed by atoms with Gasteiger partial charge in [-0.25, -0.2) is 0 Å². The molecule has 9 heteroatoms. The Bertz CT molecular complexity index is 1030. The van der Waals surface area contributed by atoms with Gasteiger partial charge in [0.05, 0.1) is 6.61 Å². The number of carbonyl (C=O) groups is 2. The van der Waals surface area contributed by atoms with Crippen LogP contribution >= 0.6 is 0 Å². The van der Waals surface area contributed by atoms with Crippen molar-refractivity contribution in [3.8, 4) is 0 Å². The van der Waals surface area contributed by atoms with Crippen LogP contribution in [0.3, 0.4) is 0 Å². The van der Waals surface area contributed by atoms with E-state index in [-0.39, 0.29) is 6.42 Å². The number of rotatable bonds is 10. The van der Waals surface area contributed by atoms with E-state index in [0.717, 1.165) is 11.1 Å².